The van der Waals surface area contributed by atoms with Crippen molar-refractivity contribution in [1.82, 2.24) is 14.8 Å². The lowest BCUT2D eigenvalue weighted by atomic mass is 10.1. The Morgan fingerprint density at radius 2 is 1.67 bits per heavy atom. The number of pyridine rings is 1. The number of fused-ring (bicyclic) bond motifs is 1. The van der Waals surface area contributed by atoms with Crippen LogP contribution < -0.4 is 5.32 Å². The maximum Gasteiger partial charge on any atom is 0.321 e. The third-order valence-corrected chi connectivity index (χ3v) is 5.49. The first-order chi connectivity index (χ1) is 14.5. The zero-order valence-electron chi connectivity index (χ0n) is 16.1. The topological polar surface area (TPSA) is 65.5 Å². The fourth-order valence-corrected chi connectivity index (χ4v) is 3.97. The lowest BCUT2D eigenvalue weighted by Crippen LogP contribution is -2.39. The van der Waals surface area contributed by atoms with Crippen LogP contribution in [0.25, 0.3) is 10.9 Å². The first kappa shape index (κ1) is 20.4. The molecule has 1 N–H and O–H groups in total. The van der Waals surface area contributed by atoms with E-state index in [1.807, 2.05) is 24.3 Å². The van der Waals surface area contributed by atoms with E-state index >= 15 is 0 Å². The highest BCUT2D eigenvalue weighted by atomic mass is 35.5. The summed E-state index contributed by atoms with van der Waals surface area (Å²) in [5.41, 5.74) is 1.86. The van der Waals surface area contributed by atoms with Crippen molar-refractivity contribution in [2.75, 3.05) is 31.5 Å². The third kappa shape index (κ3) is 4.50. The second kappa shape index (κ2) is 8.90. The van der Waals surface area contributed by atoms with Crippen molar-refractivity contribution in [1.29, 1.82) is 0 Å². The number of nitrogens with one attached hydrogen (secondary N) is 1. The summed E-state index contributed by atoms with van der Waals surface area (Å²) in [5, 5.41) is 4.48. The fraction of sp³-hybridized carbons (Fsp3) is 0.227. The molecule has 0 atom stereocenters. The van der Waals surface area contributed by atoms with E-state index in [4.69, 9.17) is 23.2 Å². The summed E-state index contributed by atoms with van der Waals surface area (Å²) in [6, 6.07) is 15.9. The van der Waals surface area contributed by atoms with E-state index in [0.717, 1.165) is 5.39 Å². The van der Waals surface area contributed by atoms with E-state index in [2.05, 4.69) is 10.3 Å². The molecule has 30 heavy (non-hydrogen) atoms. The number of hydrogen-bond donors (Lipinski definition) is 1. The third-order valence-electron chi connectivity index (χ3n) is 5.06. The largest absolute Gasteiger partial charge is 0.337 e. The molecule has 0 radical (unpaired) electrons. The minimum absolute atomic E-state index is 0.104. The molecule has 154 valence electrons. The van der Waals surface area contributed by atoms with Crippen molar-refractivity contribution in [3.8, 4) is 0 Å². The summed E-state index contributed by atoms with van der Waals surface area (Å²) in [7, 11) is 0. The molecule has 1 fully saturated rings. The van der Waals surface area contributed by atoms with Crippen molar-refractivity contribution in [2.24, 2.45) is 0 Å². The van der Waals surface area contributed by atoms with Crippen molar-refractivity contribution in [3.63, 3.8) is 0 Å². The van der Waals surface area contributed by atoms with Crippen molar-refractivity contribution in [3.05, 3.63) is 70.3 Å². The van der Waals surface area contributed by atoms with E-state index in [0.29, 0.717) is 54.4 Å². The van der Waals surface area contributed by atoms with Crippen molar-refractivity contribution >= 4 is 51.7 Å². The Kier molecular flexibility index (Phi) is 6.06. The number of anilines is 1. The van der Waals surface area contributed by atoms with Gasteiger partial charge >= 0.3 is 6.03 Å². The lowest BCUT2D eigenvalue weighted by molar-refractivity contribution is 0.0764. The molecule has 3 amide bonds. The van der Waals surface area contributed by atoms with Gasteiger partial charge in [0.1, 0.15) is 5.15 Å². The molecule has 0 unspecified atom stereocenters. The SMILES string of the molecule is O=C(Nc1cccc(Cl)c1)N1CCCN(C(=O)c2cc(Cl)nc3ccccc23)CC1. The van der Waals surface area contributed by atoms with Gasteiger partial charge in [0.05, 0.1) is 11.1 Å². The number of rotatable bonds is 2. The van der Waals surface area contributed by atoms with Crippen LogP contribution in [0.5, 0.6) is 0 Å². The first-order valence-electron chi connectivity index (χ1n) is 9.67. The van der Waals surface area contributed by atoms with Gasteiger partial charge in [-0.15, -0.1) is 0 Å². The van der Waals surface area contributed by atoms with Gasteiger partial charge in [-0.3, -0.25) is 4.79 Å². The summed E-state index contributed by atoms with van der Waals surface area (Å²) in [5.74, 6) is -0.104. The number of amides is 3. The molecule has 3 aromatic rings. The Morgan fingerprint density at radius 3 is 2.50 bits per heavy atom. The van der Waals surface area contributed by atoms with E-state index in [1.54, 1.807) is 40.1 Å². The molecule has 6 nitrogen and oxygen atoms in total. The van der Waals surface area contributed by atoms with Crippen LogP contribution in [-0.2, 0) is 0 Å². The number of aromatic nitrogens is 1. The Labute approximate surface area is 184 Å². The summed E-state index contributed by atoms with van der Waals surface area (Å²) in [6.07, 6.45) is 0.686. The van der Waals surface area contributed by atoms with Crippen LogP contribution >= 0.6 is 23.2 Å². The maximum absolute atomic E-state index is 13.2. The van der Waals surface area contributed by atoms with Gasteiger partial charge in [-0.05, 0) is 36.8 Å². The van der Waals surface area contributed by atoms with Crippen molar-refractivity contribution in [2.45, 2.75) is 6.42 Å². The molecular weight excluding hydrogens is 423 g/mol. The van der Waals surface area contributed by atoms with Gasteiger partial charge in [-0.2, -0.15) is 0 Å². The lowest BCUT2D eigenvalue weighted by Gasteiger charge is -2.23. The van der Waals surface area contributed by atoms with Crippen LogP contribution in [-0.4, -0.2) is 52.9 Å². The van der Waals surface area contributed by atoms with Crippen LogP contribution in [0.3, 0.4) is 0 Å². The molecule has 2 aromatic carbocycles. The zero-order valence-corrected chi connectivity index (χ0v) is 17.7. The molecule has 0 saturated carbocycles. The summed E-state index contributed by atoms with van der Waals surface area (Å²) in [6.45, 7) is 2.01. The average molecular weight is 443 g/mol. The van der Waals surface area contributed by atoms with Crippen LogP contribution in [0, 0.1) is 0 Å². The monoisotopic (exact) mass is 442 g/mol. The predicted molar refractivity (Wildman–Crippen MR) is 119 cm³/mol. The Balaban J connectivity index is 1.47. The molecule has 0 aliphatic carbocycles. The van der Waals surface area contributed by atoms with E-state index in [-0.39, 0.29) is 17.1 Å². The average Bonchev–Trinajstić information content (AvgIpc) is 2.99. The smallest absolute Gasteiger partial charge is 0.321 e. The van der Waals surface area contributed by atoms with Crippen LogP contribution in [0.1, 0.15) is 16.8 Å². The predicted octanol–water partition coefficient (Wildman–Crippen LogP) is 4.92. The zero-order chi connectivity index (χ0) is 21.1. The summed E-state index contributed by atoms with van der Waals surface area (Å²) >= 11 is 12.1. The van der Waals surface area contributed by atoms with Gasteiger partial charge in [0, 0.05) is 42.3 Å². The van der Waals surface area contributed by atoms with E-state index in [1.165, 1.54) is 0 Å². The molecule has 0 spiro atoms. The Bertz CT molecular complexity index is 1110. The second-order valence-corrected chi connectivity index (χ2v) is 7.91. The van der Waals surface area contributed by atoms with Gasteiger partial charge in [0.15, 0.2) is 0 Å². The number of halogens is 2. The highest BCUT2D eigenvalue weighted by molar-refractivity contribution is 6.31. The number of carbonyl (C=O) groups excluding carboxylic acids is 2. The Morgan fingerprint density at radius 1 is 0.900 bits per heavy atom. The molecule has 4 rings (SSSR count). The highest BCUT2D eigenvalue weighted by Gasteiger charge is 2.24. The quantitative estimate of drug-likeness (QED) is 0.572. The van der Waals surface area contributed by atoms with Gasteiger partial charge < -0.3 is 15.1 Å². The van der Waals surface area contributed by atoms with Gasteiger partial charge in [-0.25, -0.2) is 9.78 Å². The number of para-hydroxylation sites is 1. The Hall–Kier alpha value is -2.83. The van der Waals surface area contributed by atoms with Crippen molar-refractivity contribution < 1.29 is 9.59 Å². The molecule has 1 aliphatic rings. The standard InChI is InChI=1S/C22H20Cl2N4O2/c23-15-5-3-6-16(13-15)25-22(30)28-10-4-9-27(11-12-28)21(29)18-14-20(24)26-19-8-2-1-7-17(18)19/h1-3,5-8,13-14H,4,9-12H2,(H,25,30). The van der Waals surface area contributed by atoms with Gasteiger partial charge in [0.25, 0.3) is 5.91 Å². The number of hydrogen-bond acceptors (Lipinski definition) is 3. The second-order valence-electron chi connectivity index (χ2n) is 7.08. The van der Waals surface area contributed by atoms with Crippen LogP contribution in [0.2, 0.25) is 10.2 Å². The number of nitrogens with zero attached hydrogens (tertiary/aromatic N) is 3. The molecule has 1 saturated heterocycles. The number of carbonyl (C=O) groups is 2. The minimum atomic E-state index is -0.205. The molecule has 2 heterocycles. The molecule has 1 aliphatic heterocycles. The minimum Gasteiger partial charge on any atom is -0.337 e. The van der Waals surface area contributed by atoms with Gasteiger partial charge in [0.2, 0.25) is 0 Å². The van der Waals surface area contributed by atoms with E-state index in [9.17, 15) is 9.59 Å². The summed E-state index contributed by atoms with van der Waals surface area (Å²) in [4.78, 5) is 33.6. The summed E-state index contributed by atoms with van der Waals surface area (Å²) < 4.78 is 0. The van der Waals surface area contributed by atoms with E-state index < -0.39 is 0 Å². The number of urea groups is 1. The molecule has 0 bridgehead atoms. The highest BCUT2D eigenvalue weighted by Crippen LogP contribution is 2.23. The number of benzene rings is 2. The van der Waals surface area contributed by atoms with Crippen LogP contribution in [0.4, 0.5) is 10.5 Å². The molecule has 8 heteroatoms. The maximum atomic E-state index is 13.2. The normalized spacial score (nSPS) is 14.5. The van der Waals surface area contributed by atoms with Crippen LogP contribution in [0.15, 0.2) is 54.6 Å². The molecule has 1 aromatic heterocycles. The fourth-order valence-electron chi connectivity index (χ4n) is 3.58. The first-order valence-corrected chi connectivity index (χ1v) is 10.4. The molecular formula is C22H20Cl2N4O2. The van der Waals surface area contributed by atoms with Gasteiger partial charge in [-0.1, -0.05) is 47.5 Å².